The van der Waals surface area contributed by atoms with Crippen molar-refractivity contribution in [3.63, 3.8) is 0 Å². The molecule has 1 aliphatic carbocycles. The average molecular weight is 428 g/mol. The van der Waals surface area contributed by atoms with Gasteiger partial charge in [0.25, 0.3) is 0 Å². The Morgan fingerprint density at radius 1 is 1.10 bits per heavy atom. The quantitative estimate of drug-likeness (QED) is 0.303. The zero-order valence-electron chi connectivity index (χ0n) is 17.4. The summed E-state index contributed by atoms with van der Waals surface area (Å²) in [5.74, 6) is 1.40. The lowest BCUT2D eigenvalue weighted by atomic mass is 10.0. The summed E-state index contributed by atoms with van der Waals surface area (Å²) < 4.78 is 41.3. The van der Waals surface area contributed by atoms with Crippen LogP contribution in [0.3, 0.4) is 0 Å². The maximum atomic E-state index is 12.2. The number of hydrogen-bond donors (Lipinski definition) is 3. The van der Waals surface area contributed by atoms with E-state index in [1.165, 1.54) is 25.0 Å². The fraction of sp³-hybridized carbons (Fsp3) is 0.619. The van der Waals surface area contributed by atoms with E-state index in [-0.39, 0.29) is 11.7 Å². The molecular formula is C21H31F3N4O2. The topological polar surface area (TPSA) is 74.8 Å². The molecule has 0 atom stereocenters. The van der Waals surface area contributed by atoms with Gasteiger partial charge in [-0.15, -0.1) is 0 Å². The lowest BCUT2D eigenvalue weighted by molar-refractivity contribution is -0.153. The Balaban J connectivity index is 1.71. The van der Waals surface area contributed by atoms with E-state index < -0.39 is 12.8 Å². The largest absolute Gasteiger partial charge is 0.484 e. The number of rotatable bonds is 10. The van der Waals surface area contributed by atoms with Crippen molar-refractivity contribution >= 4 is 11.9 Å². The van der Waals surface area contributed by atoms with Crippen molar-refractivity contribution in [3.8, 4) is 5.75 Å². The third-order valence-electron chi connectivity index (χ3n) is 4.78. The zero-order chi connectivity index (χ0) is 21.8. The molecule has 168 valence electrons. The minimum absolute atomic E-state index is 0.0958. The third-order valence-corrected chi connectivity index (χ3v) is 4.78. The maximum absolute atomic E-state index is 12.2. The molecule has 3 N–H and O–H groups in total. The second-order valence-corrected chi connectivity index (χ2v) is 7.37. The van der Waals surface area contributed by atoms with Crippen molar-refractivity contribution in [3.05, 3.63) is 29.8 Å². The van der Waals surface area contributed by atoms with Crippen molar-refractivity contribution < 1.29 is 22.7 Å². The predicted octanol–water partition coefficient (Wildman–Crippen LogP) is 3.38. The number of halogens is 3. The summed E-state index contributed by atoms with van der Waals surface area (Å²) >= 11 is 0. The molecule has 0 heterocycles. The first-order chi connectivity index (χ1) is 14.4. The number of hydrogen-bond acceptors (Lipinski definition) is 3. The standard InChI is InChI=1S/C21H31F3N4O2/c1-2-25-20(27-12-11-26-19(29)13-16-5-3-4-6-16)28-14-17-7-9-18(10-8-17)30-15-21(22,23)24/h7-10,16H,2-6,11-15H2,1H3,(H,26,29)(H2,25,27,28). The molecule has 0 aliphatic heterocycles. The summed E-state index contributed by atoms with van der Waals surface area (Å²) in [6.45, 7) is 2.75. The average Bonchev–Trinajstić information content (AvgIpc) is 3.21. The van der Waals surface area contributed by atoms with Gasteiger partial charge in [-0.2, -0.15) is 13.2 Å². The summed E-state index contributed by atoms with van der Waals surface area (Å²) in [6, 6.07) is 6.36. The Bertz CT molecular complexity index is 672. The number of amides is 1. The molecule has 2 rings (SSSR count). The molecular weight excluding hydrogens is 397 g/mol. The number of benzene rings is 1. The van der Waals surface area contributed by atoms with Gasteiger partial charge in [-0.3, -0.25) is 4.79 Å². The number of nitrogens with one attached hydrogen (secondary N) is 3. The molecule has 0 bridgehead atoms. The Kier molecular flexibility index (Phi) is 9.76. The molecule has 0 saturated heterocycles. The SMILES string of the molecule is CCNC(=NCc1ccc(OCC(F)(F)F)cc1)NCCNC(=O)CC1CCCC1. The van der Waals surface area contributed by atoms with Gasteiger partial charge in [0.15, 0.2) is 12.6 Å². The van der Waals surface area contributed by atoms with Crippen LogP contribution >= 0.6 is 0 Å². The molecule has 0 aromatic heterocycles. The molecule has 1 aromatic rings. The van der Waals surface area contributed by atoms with Crippen LogP contribution in [0.1, 0.15) is 44.6 Å². The molecule has 1 aliphatic rings. The summed E-state index contributed by atoms with van der Waals surface area (Å²) in [6.07, 6.45) is 1.01. The highest BCUT2D eigenvalue weighted by Crippen LogP contribution is 2.27. The molecule has 6 nitrogen and oxygen atoms in total. The maximum Gasteiger partial charge on any atom is 0.422 e. The van der Waals surface area contributed by atoms with Crippen LogP contribution in [-0.4, -0.2) is 44.3 Å². The number of carbonyl (C=O) groups excluding carboxylic acids is 1. The van der Waals surface area contributed by atoms with E-state index in [1.54, 1.807) is 12.1 Å². The summed E-state index contributed by atoms with van der Waals surface area (Å²) in [5, 5.41) is 9.22. The normalized spacial score (nSPS) is 15.1. The van der Waals surface area contributed by atoms with Crippen molar-refractivity contribution in [1.82, 2.24) is 16.0 Å². The van der Waals surface area contributed by atoms with E-state index in [0.717, 1.165) is 18.4 Å². The first-order valence-electron chi connectivity index (χ1n) is 10.4. The van der Waals surface area contributed by atoms with Gasteiger partial charge >= 0.3 is 6.18 Å². The lowest BCUT2D eigenvalue weighted by Crippen LogP contribution is -2.41. The second kappa shape index (κ2) is 12.3. The lowest BCUT2D eigenvalue weighted by Gasteiger charge is -2.13. The number of aliphatic imine (C=N–C) groups is 1. The highest BCUT2D eigenvalue weighted by Gasteiger charge is 2.28. The van der Waals surface area contributed by atoms with E-state index in [9.17, 15) is 18.0 Å². The minimum Gasteiger partial charge on any atom is -0.484 e. The van der Waals surface area contributed by atoms with Gasteiger partial charge in [0.2, 0.25) is 5.91 Å². The smallest absolute Gasteiger partial charge is 0.422 e. The van der Waals surface area contributed by atoms with E-state index in [0.29, 0.717) is 44.5 Å². The fourth-order valence-corrected chi connectivity index (χ4v) is 3.30. The Hall–Kier alpha value is -2.45. The van der Waals surface area contributed by atoms with E-state index in [4.69, 9.17) is 4.74 Å². The van der Waals surface area contributed by atoms with Crippen molar-refractivity contribution in [1.29, 1.82) is 0 Å². The number of alkyl halides is 3. The van der Waals surface area contributed by atoms with E-state index >= 15 is 0 Å². The second-order valence-electron chi connectivity index (χ2n) is 7.37. The van der Waals surface area contributed by atoms with Gasteiger partial charge in [0.05, 0.1) is 6.54 Å². The van der Waals surface area contributed by atoms with Crippen LogP contribution < -0.4 is 20.7 Å². The number of guanidine groups is 1. The summed E-state index contributed by atoms with van der Waals surface area (Å²) in [7, 11) is 0. The fourth-order valence-electron chi connectivity index (χ4n) is 3.30. The molecule has 1 aromatic carbocycles. The van der Waals surface area contributed by atoms with Crippen LogP contribution in [0.2, 0.25) is 0 Å². The van der Waals surface area contributed by atoms with Gasteiger partial charge in [0, 0.05) is 26.1 Å². The molecule has 9 heteroatoms. The Morgan fingerprint density at radius 3 is 2.40 bits per heavy atom. The van der Waals surface area contributed by atoms with E-state index in [1.807, 2.05) is 6.92 Å². The van der Waals surface area contributed by atoms with Crippen LogP contribution in [-0.2, 0) is 11.3 Å². The third kappa shape index (κ3) is 9.84. The molecule has 0 unspecified atom stereocenters. The number of nitrogens with zero attached hydrogens (tertiary/aromatic N) is 1. The van der Waals surface area contributed by atoms with Gasteiger partial charge in [-0.05, 0) is 43.4 Å². The summed E-state index contributed by atoms with van der Waals surface area (Å²) in [5.41, 5.74) is 0.844. The highest BCUT2D eigenvalue weighted by atomic mass is 19.4. The van der Waals surface area contributed by atoms with Gasteiger partial charge < -0.3 is 20.7 Å². The number of carbonyl (C=O) groups is 1. The molecule has 1 amide bonds. The van der Waals surface area contributed by atoms with Crippen molar-refractivity contribution in [2.24, 2.45) is 10.9 Å². The van der Waals surface area contributed by atoms with Crippen LogP contribution in [0, 0.1) is 5.92 Å². The predicted molar refractivity (Wildman–Crippen MR) is 110 cm³/mol. The van der Waals surface area contributed by atoms with Crippen LogP contribution in [0.5, 0.6) is 5.75 Å². The van der Waals surface area contributed by atoms with Gasteiger partial charge in [-0.1, -0.05) is 25.0 Å². The van der Waals surface area contributed by atoms with Crippen molar-refractivity contribution in [2.75, 3.05) is 26.2 Å². The molecule has 1 saturated carbocycles. The molecule has 0 spiro atoms. The van der Waals surface area contributed by atoms with Crippen LogP contribution in [0.25, 0.3) is 0 Å². The van der Waals surface area contributed by atoms with Gasteiger partial charge in [0.1, 0.15) is 5.75 Å². The van der Waals surface area contributed by atoms with E-state index in [2.05, 4.69) is 20.9 Å². The van der Waals surface area contributed by atoms with Crippen LogP contribution in [0.15, 0.2) is 29.3 Å². The van der Waals surface area contributed by atoms with Crippen molar-refractivity contribution in [2.45, 2.75) is 51.7 Å². The zero-order valence-corrected chi connectivity index (χ0v) is 17.4. The first-order valence-corrected chi connectivity index (χ1v) is 10.4. The number of ether oxygens (including phenoxy) is 1. The Labute approximate surface area is 175 Å². The van der Waals surface area contributed by atoms with Gasteiger partial charge in [-0.25, -0.2) is 4.99 Å². The highest BCUT2D eigenvalue weighted by molar-refractivity contribution is 5.80. The summed E-state index contributed by atoms with van der Waals surface area (Å²) in [4.78, 5) is 16.4. The molecule has 30 heavy (non-hydrogen) atoms. The molecule has 1 fully saturated rings. The van der Waals surface area contributed by atoms with Crippen LogP contribution in [0.4, 0.5) is 13.2 Å². The Morgan fingerprint density at radius 2 is 1.77 bits per heavy atom. The first kappa shape index (κ1) is 23.8. The molecule has 0 radical (unpaired) electrons. The monoisotopic (exact) mass is 428 g/mol. The minimum atomic E-state index is -4.36.